The van der Waals surface area contributed by atoms with Gasteiger partial charge >= 0.3 is 5.63 Å². The molecule has 14 heavy (non-hydrogen) atoms. The van der Waals surface area contributed by atoms with Crippen LogP contribution >= 0.6 is 0 Å². The third kappa shape index (κ3) is 1.12. The van der Waals surface area contributed by atoms with E-state index in [0.29, 0.717) is 5.39 Å². The minimum atomic E-state index is -0.597. The van der Waals surface area contributed by atoms with Gasteiger partial charge in [0.25, 0.3) is 0 Å². The first-order chi connectivity index (χ1) is 6.59. The van der Waals surface area contributed by atoms with Gasteiger partial charge in [0.05, 0.1) is 10.9 Å². The molecule has 0 amide bonds. The summed E-state index contributed by atoms with van der Waals surface area (Å²) >= 11 is 0. The van der Waals surface area contributed by atoms with E-state index in [1.165, 1.54) is 25.1 Å². The lowest BCUT2D eigenvalue weighted by Crippen LogP contribution is -2.02. The monoisotopic (exact) mass is 192 g/mol. The Morgan fingerprint density at radius 1 is 1.29 bits per heavy atom. The fourth-order valence-electron chi connectivity index (χ4n) is 1.27. The molecule has 0 bridgehead atoms. The molecule has 1 aromatic carbocycles. The Morgan fingerprint density at radius 2 is 2.00 bits per heavy atom. The highest BCUT2D eigenvalue weighted by molar-refractivity contribution is 5.84. The van der Waals surface area contributed by atoms with Crippen molar-refractivity contribution in [2.75, 3.05) is 0 Å². The highest BCUT2D eigenvalue weighted by Crippen LogP contribution is 2.27. The maximum atomic E-state index is 11.2. The SMILES string of the molecule is Cc1c(O)c2ccc(O)cc2oc1=O. The molecule has 4 heteroatoms. The molecule has 2 rings (SSSR count). The van der Waals surface area contributed by atoms with Gasteiger partial charge in [-0.1, -0.05) is 0 Å². The normalized spacial score (nSPS) is 10.6. The molecule has 0 unspecified atom stereocenters. The van der Waals surface area contributed by atoms with E-state index < -0.39 is 5.63 Å². The fraction of sp³-hybridized carbons (Fsp3) is 0.100. The first kappa shape index (κ1) is 8.62. The number of hydrogen-bond acceptors (Lipinski definition) is 4. The van der Waals surface area contributed by atoms with Gasteiger partial charge in [-0.3, -0.25) is 0 Å². The molecule has 0 fully saturated rings. The smallest absolute Gasteiger partial charge is 0.342 e. The van der Waals surface area contributed by atoms with Gasteiger partial charge in [0.1, 0.15) is 17.1 Å². The molecule has 0 aliphatic heterocycles. The van der Waals surface area contributed by atoms with Crippen LogP contribution in [-0.2, 0) is 0 Å². The minimum absolute atomic E-state index is 0.0103. The van der Waals surface area contributed by atoms with Gasteiger partial charge in [0.2, 0.25) is 0 Å². The number of fused-ring (bicyclic) bond motifs is 1. The van der Waals surface area contributed by atoms with E-state index in [0.717, 1.165) is 0 Å². The summed E-state index contributed by atoms with van der Waals surface area (Å²) in [6.07, 6.45) is 0. The lowest BCUT2D eigenvalue weighted by molar-refractivity contribution is 0.457. The standard InChI is InChI=1S/C10H8O4/c1-5-9(12)7-3-2-6(11)4-8(7)14-10(5)13/h2-4,11-12H,1H3. The zero-order valence-corrected chi connectivity index (χ0v) is 7.44. The Bertz CT molecular complexity index is 554. The molecule has 1 aromatic heterocycles. The van der Waals surface area contributed by atoms with E-state index in [1.54, 1.807) is 0 Å². The Morgan fingerprint density at radius 3 is 2.71 bits per heavy atom. The zero-order valence-electron chi connectivity index (χ0n) is 7.44. The van der Waals surface area contributed by atoms with Gasteiger partial charge in [-0.05, 0) is 19.1 Å². The quantitative estimate of drug-likeness (QED) is 0.620. The maximum absolute atomic E-state index is 11.2. The minimum Gasteiger partial charge on any atom is -0.508 e. The first-order valence-corrected chi connectivity index (χ1v) is 4.05. The van der Waals surface area contributed by atoms with Crippen molar-refractivity contribution in [3.63, 3.8) is 0 Å². The van der Waals surface area contributed by atoms with Gasteiger partial charge in [-0.25, -0.2) is 4.79 Å². The molecule has 0 aliphatic rings. The largest absolute Gasteiger partial charge is 0.508 e. The second-order valence-corrected chi connectivity index (χ2v) is 3.04. The van der Waals surface area contributed by atoms with Crippen molar-refractivity contribution in [2.24, 2.45) is 0 Å². The Labute approximate surface area is 79.0 Å². The van der Waals surface area contributed by atoms with Gasteiger partial charge in [0.15, 0.2) is 0 Å². The number of rotatable bonds is 0. The van der Waals surface area contributed by atoms with Crippen LogP contribution in [0.15, 0.2) is 27.4 Å². The average molecular weight is 192 g/mol. The molecule has 0 atom stereocenters. The van der Waals surface area contributed by atoms with E-state index in [1.807, 2.05) is 0 Å². The number of benzene rings is 1. The summed E-state index contributed by atoms with van der Waals surface area (Å²) in [5, 5.41) is 19.1. The van der Waals surface area contributed by atoms with Crippen molar-refractivity contribution < 1.29 is 14.6 Å². The zero-order chi connectivity index (χ0) is 10.3. The molecule has 0 spiro atoms. The molecular formula is C10H8O4. The number of hydrogen-bond donors (Lipinski definition) is 2. The third-order valence-corrected chi connectivity index (χ3v) is 2.08. The van der Waals surface area contributed by atoms with Crippen LogP contribution in [0.3, 0.4) is 0 Å². The van der Waals surface area contributed by atoms with Crippen molar-refractivity contribution in [1.29, 1.82) is 0 Å². The van der Waals surface area contributed by atoms with Crippen LogP contribution in [0.4, 0.5) is 0 Å². The Kier molecular flexibility index (Phi) is 1.70. The summed E-state index contributed by atoms with van der Waals surface area (Å²) in [4.78, 5) is 11.2. The van der Waals surface area contributed by atoms with Crippen LogP contribution in [-0.4, -0.2) is 10.2 Å². The van der Waals surface area contributed by atoms with E-state index >= 15 is 0 Å². The summed E-state index contributed by atoms with van der Waals surface area (Å²) < 4.78 is 4.88. The molecule has 0 radical (unpaired) electrons. The molecular weight excluding hydrogens is 184 g/mol. The first-order valence-electron chi connectivity index (χ1n) is 4.05. The van der Waals surface area contributed by atoms with Crippen LogP contribution in [0.25, 0.3) is 11.0 Å². The molecule has 0 saturated heterocycles. The van der Waals surface area contributed by atoms with Crippen LogP contribution in [0, 0.1) is 6.92 Å². The van der Waals surface area contributed by atoms with E-state index in [4.69, 9.17) is 9.52 Å². The van der Waals surface area contributed by atoms with Crippen molar-refractivity contribution in [1.82, 2.24) is 0 Å². The van der Waals surface area contributed by atoms with E-state index in [-0.39, 0.29) is 22.6 Å². The highest BCUT2D eigenvalue weighted by atomic mass is 16.4. The summed E-state index contributed by atoms with van der Waals surface area (Å²) in [7, 11) is 0. The van der Waals surface area contributed by atoms with Gasteiger partial charge < -0.3 is 14.6 Å². The fourth-order valence-corrected chi connectivity index (χ4v) is 1.27. The van der Waals surface area contributed by atoms with Crippen LogP contribution in [0.2, 0.25) is 0 Å². The lowest BCUT2D eigenvalue weighted by Gasteiger charge is -2.02. The molecule has 2 aromatic rings. The average Bonchev–Trinajstić information content (AvgIpc) is 2.14. The summed E-state index contributed by atoms with van der Waals surface area (Å²) in [5.41, 5.74) is -0.248. The molecule has 2 N–H and O–H groups in total. The lowest BCUT2D eigenvalue weighted by atomic mass is 10.1. The van der Waals surface area contributed by atoms with Crippen LogP contribution < -0.4 is 5.63 Å². The molecule has 72 valence electrons. The Hall–Kier alpha value is -1.97. The second-order valence-electron chi connectivity index (χ2n) is 3.04. The molecule has 0 aliphatic carbocycles. The van der Waals surface area contributed by atoms with Crippen molar-refractivity contribution in [2.45, 2.75) is 6.92 Å². The van der Waals surface area contributed by atoms with Gasteiger partial charge in [-0.15, -0.1) is 0 Å². The van der Waals surface area contributed by atoms with E-state index in [2.05, 4.69) is 0 Å². The topological polar surface area (TPSA) is 70.7 Å². The maximum Gasteiger partial charge on any atom is 0.342 e. The number of phenols is 1. The molecule has 1 heterocycles. The summed E-state index contributed by atoms with van der Waals surface area (Å²) in [6.45, 7) is 1.48. The van der Waals surface area contributed by atoms with Gasteiger partial charge in [0, 0.05) is 6.07 Å². The summed E-state index contributed by atoms with van der Waals surface area (Å²) in [5.74, 6) is -0.111. The number of phenolic OH excluding ortho intramolecular Hbond substituents is 1. The predicted molar refractivity (Wildman–Crippen MR) is 50.6 cm³/mol. The van der Waals surface area contributed by atoms with Crippen molar-refractivity contribution in [3.05, 3.63) is 34.2 Å². The van der Waals surface area contributed by atoms with Crippen molar-refractivity contribution in [3.8, 4) is 11.5 Å². The second kappa shape index (κ2) is 2.77. The highest BCUT2D eigenvalue weighted by Gasteiger charge is 2.09. The third-order valence-electron chi connectivity index (χ3n) is 2.08. The molecule has 4 nitrogen and oxygen atoms in total. The number of aromatic hydroxyl groups is 2. The summed E-state index contributed by atoms with van der Waals surface area (Å²) in [6, 6.07) is 4.20. The van der Waals surface area contributed by atoms with Crippen molar-refractivity contribution >= 4 is 11.0 Å². The van der Waals surface area contributed by atoms with Crippen LogP contribution in [0.5, 0.6) is 11.5 Å². The molecule has 0 saturated carbocycles. The van der Waals surface area contributed by atoms with Crippen LogP contribution in [0.1, 0.15) is 5.56 Å². The van der Waals surface area contributed by atoms with Gasteiger partial charge in [-0.2, -0.15) is 0 Å². The van der Waals surface area contributed by atoms with E-state index in [9.17, 15) is 9.90 Å². The predicted octanol–water partition coefficient (Wildman–Crippen LogP) is 1.51. The Balaban J connectivity index is 2.98.